The second-order valence-corrected chi connectivity index (χ2v) is 5.67. The number of nitrogens with zero attached hydrogens (tertiary/aromatic N) is 2. The topological polar surface area (TPSA) is 63.3 Å². The van der Waals surface area contributed by atoms with Crippen molar-refractivity contribution in [2.24, 2.45) is 10.7 Å². The third kappa shape index (κ3) is 3.14. The molecule has 6 heteroatoms. The van der Waals surface area contributed by atoms with Crippen molar-refractivity contribution in [1.82, 2.24) is 10.3 Å². The number of nitrogens with one attached hydrogen (secondary N) is 1. The molecule has 0 radical (unpaired) electrons. The van der Waals surface area contributed by atoms with E-state index in [1.807, 2.05) is 5.38 Å². The van der Waals surface area contributed by atoms with Crippen molar-refractivity contribution in [2.45, 2.75) is 25.4 Å². The Bertz CT molecular complexity index is 634. The molecule has 2 aromatic rings. The molecule has 0 saturated heterocycles. The first-order valence-corrected chi connectivity index (χ1v) is 7.36. The van der Waals surface area contributed by atoms with Crippen LogP contribution in [-0.2, 0) is 6.54 Å². The first-order valence-electron chi connectivity index (χ1n) is 6.48. The van der Waals surface area contributed by atoms with Crippen molar-refractivity contribution >= 4 is 17.3 Å². The van der Waals surface area contributed by atoms with Crippen molar-refractivity contribution < 1.29 is 4.39 Å². The molecule has 4 nitrogen and oxygen atoms in total. The average Bonchev–Trinajstić information content (AvgIpc) is 3.12. The first kappa shape index (κ1) is 13.1. The summed E-state index contributed by atoms with van der Waals surface area (Å²) in [4.78, 5) is 8.64. The van der Waals surface area contributed by atoms with Gasteiger partial charge in [0.15, 0.2) is 5.96 Å². The van der Waals surface area contributed by atoms with Crippen LogP contribution in [-0.4, -0.2) is 17.0 Å². The van der Waals surface area contributed by atoms with Gasteiger partial charge in [-0.2, -0.15) is 0 Å². The van der Waals surface area contributed by atoms with Gasteiger partial charge in [-0.3, -0.25) is 0 Å². The van der Waals surface area contributed by atoms with Gasteiger partial charge in [-0.25, -0.2) is 14.4 Å². The van der Waals surface area contributed by atoms with Gasteiger partial charge in [0.25, 0.3) is 0 Å². The second kappa shape index (κ2) is 5.58. The molecule has 0 atom stereocenters. The van der Waals surface area contributed by atoms with E-state index in [4.69, 9.17) is 5.73 Å². The molecule has 1 aliphatic rings. The zero-order chi connectivity index (χ0) is 13.9. The van der Waals surface area contributed by atoms with Crippen LogP contribution in [0.4, 0.5) is 4.39 Å². The molecule has 1 aromatic carbocycles. The molecule has 20 heavy (non-hydrogen) atoms. The third-order valence-corrected chi connectivity index (χ3v) is 3.85. The van der Waals surface area contributed by atoms with Gasteiger partial charge in [0.05, 0.1) is 12.2 Å². The molecular weight excluding hydrogens is 275 g/mol. The predicted octanol–water partition coefficient (Wildman–Crippen LogP) is 2.52. The normalized spacial score (nSPS) is 15.3. The van der Waals surface area contributed by atoms with Crippen molar-refractivity contribution in [3.63, 3.8) is 0 Å². The number of rotatable bonds is 4. The maximum atomic E-state index is 13.7. The lowest BCUT2D eigenvalue weighted by atomic mass is 10.2. The van der Waals surface area contributed by atoms with E-state index < -0.39 is 0 Å². The van der Waals surface area contributed by atoms with Crippen LogP contribution in [0.15, 0.2) is 34.6 Å². The number of nitrogens with two attached hydrogens (primary N) is 1. The molecule has 0 spiro atoms. The Hall–Kier alpha value is -1.95. The van der Waals surface area contributed by atoms with Crippen LogP contribution in [0.25, 0.3) is 11.3 Å². The van der Waals surface area contributed by atoms with E-state index in [0.29, 0.717) is 29.8 Å². The van der Waals surface area contributed by atoms with E-state index in [0.717, 1.165) is 17.8 Å². The summed E-state index contributed by atoms with van der Waals surface area (Å²) in [6, 6.07) is 7.11. The summed E-state index contributed by atoms with van der Waals surface area (Å²) in [6.07, 6.45) is 2.32. The fourth-order valence-corrected chi connectivity index (χ4v) is 2.53. The van der Waals surface area contributed by atoms with E-state index in [9.17, 15) is 4.39 Å². The van der Waals surface area contributed by atoms with Gasteiger partial charge in [-0.05, 0) is 25.0 Å². The Labute approximate surface area is 120 Å². The lowest BCUT2D eigenvalue weighted by molar-refractivity contribution is 0.631. The SMILES string of the molecule is NC(=NCc1nc(-c2ccccc2F)cs1)NC1CC1. The minimum absolute atomic E-state index is 0.261. The summed E-state index contributed by atoms with van der Waals surface area (Å²) in [5.41, 5.74) is 6.92. The van der Waals surface area contributed by atoms with Crippen molar-refractivity contribution in [3.8, 4) is 11.3 Å². The monoisotopic (exact) mass is 290 g/mol. The molecule has 1 aromatic heterocycles. The third-order valence-electron chi connectivity index (χ3n) is 3.02. The highest BCUT2D eigenvalue weighted by Gasteiger charge is 2.21. The van der Waals surface area contributed by atoms with Gasteiger partial charge >= 0.3 is 0 Å². The van der Waals surface area contributed by atoms with E-state index in [2.05, 4.69) is 15.3 Å². The number of guanidine groups is 1. The average molecular weight is 290 g/mol. The first-order chi connectivity index (χ1) is 9.72. The van der Waals surface area contributed by atoms with Crippen LogP contribution in [0.3, 0.4) is 0 Å². The Morgan fingerprint density at radius 2 is 2.25 bits per heavy atom. The number of hydrogen-bond donors (Lipinski definition) is 2. The number of benzene rings is 1. The maximum absolute atomic E-state index is 13.7. The van der Waals surface area contributed by atoms with Gasteiger partial charge < -0.3 is 11.1 Å². The molecule has 104 valence electrons. The highest BCUT2D eigenvalue weighted by Crippen LogP contribution is 2.24. The molecule has 1 fully saturated rings. The zero-order valence-corrected chi connectivity index (χ0v) is 11.7. The molecule has 0 aliphatic heterocycles. The Kier molecular flexibility index (Phi) is 3.64. The Morgan fingerprint density at radius 3 is 3.00 bits per heavy atom. The predicted molar refractivity (Wildman–Crippen MR) is 79.0 cm³/mol. The number of thiazole rings is 1. The van der Waals surface area contributed by atoms with Crippen LogP contribution >= 0.6 is 11.3 Å². The minimum Gasteiger partial charge on any atom is -0.370 e. The fourth-order valence-electron chi connectivity index (χ4n) is 1.81. The van der Waals surface area contributed by atoms with Gasteiger partial charge in [0.2, 0.25) is 0 Å². The van der Waals surface area contributed by atoms with Gasteiger partial charge in [-0.1, -0.05) is 12.1 Å². The Morgan fingerprint density at radius 1 is 1.45 bits per heavy atom. The highest BCUT2D eigenvalue weighted by atomic mass is 32.1. The fraction of sp³-hybridized carbons (Fsp3) is 0.286. The maximum Gasteiger partial charge on any atom is 0.189 e. The number of aliphatic imine (C=N–C) groups is 1. The quantitative estimate of drug-likeness (QED) is 0.672. The second-order valence-electron chi connectivity index (χ2n) is 4.73. The zero-order valence-electron chi connectivity index (χ0n) is 10.8. The molecule has 0 amide bonds. The van der Waals surface area contributed by atoms with Crippen molar-refractivity contribution in [2.75, 3.05) is 0 Å². The molecule has 3 rings (SSSR count). The van der Waals surface area contributed by atoms with Crippen LogP contribution < -0.4 is 11.1 Å². The summed E-state index contributed by atoms with van der Waals surface area (Å²) in [5, 5.41) is 5.78. The lowest BCUT2D eigenvalue weighted by Crippen LogP contribution is -2.33. The molecule has 1 aliphatic carbocycles. The van der Waals surface area contributed by atoms with Crippen molar-refractivity contribution in [3.05, 3.63) is 40.5 Å². The lowest BCUT2D eigenvalue weighted by Gasteiger charge is -2.01. The standard InChI is InChI=1S/C14H15FN4S/c15-11-4-2-1-3-10(11)12-8-20-13(19-12)7-17-14(16)18-9-5-6-9/h1-4,8-9H,5-7H2,(H3,16,17,18). The van der Waals surface area contributed by atoms with E-state index in [1.54, 1.807) is 18.2 Å². The van der Waals surface area contributed by atoms with Crippen LogP contribution in [0.1, 0.15) is 17.8 Å². The van der Waals surface area contributed by atoms with Crippen LogP contribution in [0.5, 0.6) is 0 Å². The Balaban J connectivity index is 1.69. The van der Waals surface area contributed by atoms with Crippen molar-refractivity contribution in [1.29, 1.82) is 0 Å². The van der Waals surface area contributed by atoms with E-state index in [1.165, 1.54) is 17.4 Å². The molecular formula is C14H15FN4S. The molecule has 0 unspecified atom stereocenters. The summed E-state index contributed by atoms with van der Waals surface area (Å²) < 4.78 is 13.7. The van der Waals surface area contributed by atoms with Gasteiger partial charge in [0.1, 0.15) is 10.8 Å². The number of aromatic nitrogens is 1. The number of hydrogen-bond acceptors (Lipinski definition) is 3. The van der Waals surface area contributed by atoms with E-state index >= 15 is 0 Å². The number of halogens is 1. The van der Waals surface area contributed by atoms with Gasteiger partial charge in [0, 0.05) is 17.0 Å². The molecule has 1 saturated carbocycles. The highest BCUT2D eigenvalue weighted by molar-refractivity contribution is 7.09. The van der Waals surface area contributed by atoms with E-state index in [-0.39, 0.29) is 5.82 Å². The molecule has 3 N–H and O–H groups in total. The summed E-state index contributed by atoms with van der Waals surface area (Å²) in [7, 11) is 0. The van der Waals surface area contributed by atoms with Gasteiger partial charge in [-0.15, -0.1) is 11.3 Å². The molecule has 0 bridgehead atoms. The summed E-state index contributed by atoms with van der Waals surface area (Å²) in [6.45, 7) is 0.421. The summed E-state index contributed by atoms with van der Waals surface area (Å²) >= 11 is 1.46. The molecule has 1 heterocycles. The van der Waals surface area contributed by atoms with Crippen LogP contribution in [0, 0.1) is 5.82 Å². The minimum atomic E-state index is -0.261. The largest absolute Gasteiger partial charge is 0.370 e. The smallest absolute Gasteiger partial charge is 0.189 e. The summed E-state index contributed by atoms with van der Waals surface area (Å²) in [5.74, 6) is 0.193. The van der Waals surface area contributed by atoms with Crippen LogP contribution in [0.2, 0.25) is 0 Å².